The van der Waals surface area contributed by atoms with E-state index in [1.807, 2.05) is 6.92 Å². The van der Waals surface area contributed by atoms with Crippen molar-refractivity contribution in [3.63, 3.8) is 0 Å². The van der Waals surface area contributed by atoms with Crippen molar-refractivity contribution in [1.29, 1.82) is 0 Å². The smallest absolute Gasteiger partial charge is 0.207 e. The highest BCUT2D eigenvalue weighted by Crippen LogP contribution is 2.27. The average Bonchev–Trinajstić information content (AvgIpc) is 3.19. The van der Waals surface area contributed by atoms with Crippen molar-refractivity contribution in [1.82, 2.24) is 25.1 Å². The van der Waals surface area contributed by atoms with Gasteiger partial charge in [0.15, 0.2) is 5.82 Å². The molecule has 0 fully saturated rings. The highest BCUT2D eigenvalue weighted by molar-refractivity contribution is 5.86. The van der Waals surface area contributed by atoms with Crippen molar-refractivity contribution in [3.05, 3.63) is 35.9 Å². The molecule has 1 amide bonds. The Labute approximate surface area is 132 Å². The number of aryl methyl sites for hydroxylation is 1. The first kappa shape index (κ1) is 16.5. The molecule has 8 heteroatoms. The SMILES string of the molecule is CCNC=O.CNc1nc2c(-n3cccn3)c(F)c(C)cc2[nH]1. The van der Waals surface area contributed by atoms with Gasteiger partial charge in [0.2, 0.25) is 12.4 Å². The first-order valence-electron chi connectivity index (χ1n) is 7.16. The Kier molecular flexibility index (Phi) is 5.29. The second kappa shape index (κ2) is 7.39. The molecule has 3 rings (SSSR count). The zero-order valence-electron chi connectivity index (χ0n) is 13.2. The molecule has 3 N–H and O–H groups in total. The van der Waals surface area contributed by atoms with Crippen LogP contribution in [0.15, 0.2) is 24.5 Å². The van der Waals surface area contributed by atoms with E-state index in [1.165, 1.54) is 4.68 Å². The summed E-state index contributed by atoms with van der Waals surface area (Å²) in [5, 5.41) is 9.42. The number of aromatic nitrogens is 4. The van der Waals surface area contributed by atoms with Gasteiger partial charge in [-0.05, 0) is 31.5 Å². The normalized spacial score (nSPS) is 10.1. The zero-order chi connectivity index (χ0) is 16.8. The first-order valence-corrected chi connectivity index (χ1v) is 7.16. The fraction of sp³-hybridized carbons (Fsp3) is 0.267. The molecule has 0 saturated carbocycles. The summed E-state index contributed by atoms with van der Waals surface area (Å²) in [4.78, 5) is 16.7. The maximum Gasteiger partial charge on any atom is 0.207 e. The molecule has 0 radical (unpaired) electrons. The second-order valence-corrected chi connectivity index (χ2v) is 4.71. The molecule has 2 aromatic heterocycles. The molecule has 0 aliphatic carbocycles. The minimum absolute atomic E-state index is 0.305. The van der Waals surface area contributed by atoms with Crippen LogP contribution in [0.2, 0.25) is 0 Å². The topological polar surface area (TPSA) is 87.6 Å². The van der Waals surface area contributed by atoms with Crippen LogP contribution in [-0.2, 0) is 4.79 Å². The van der Waals surface area contributed by atoms with Crippen molar-refractivity contribution in [2.24, 2.45) is 0 Å². The van der Waals surface area contributed by atoms with Gasteiger partial charge in [-0.1, -0.05) is 0 Å². The van der Waals surface area contributed by atoms with E-state index in [4.69, 9.17) is 0 Å². The number of hydrogen-bond donors (Lipinski definition) is 3. The van der Waals surface area contributed by atoms with Crippen molar-refractivity contribution in [2.45, 2.75) is 13.8 Å². The van der Waals surface area contributed by atoms with E-state index in [0.717, 1.165) is 12.1 Å². The van der Waals surface area contributed by atoms with Gasteiger partial charge in [0, 0.05) is 26.0 Å². The summed E-state index contributed by atoms with van der Waals surface area (Å²) in [6.07, 6.45) is 3.99. The lowest BCUT2D eigenvalue weighted by atomic mass is 10.1. The minimum Gasteiger partial charge on any atom is -0.359 e. The highest BCUT2D eigenvalue weighted by atomic mass is 19.1. The molecule has 2 heterocycles. The molecule has 122 valence electrons. The number of benzene rings is 1. The monoisotopic (exact) mass is 318 g/mol. The van der Waals surface area contributed by atoms with Crippen molar-refractivity contribution in [2.75, 3.05) is 18.9 Å². The van der Waals surface area contributed by atoms with Gasteiger partial charge in [-0.15, -0.1) is 0 Å². The first-order chi connectivity index (χ1) is 11.1. The van der Waals surface area contributed by atoms with Crippen LogP contribution in [0, 0.1) is 12.7 Å². The Morgan fingerprint density at radius 2 is 2.26 bits per heavy atom. The highest BCUT2D eigenvalue weighted by Gasteiger charge is 2.16. The standard InChI is InChI=1S/C12H12FN5.C3H7NO/c1-7-6-8-10(17-12(14-2)16-8)11(9(7)13)18-5-3-4-15-18;1-2-4-3-5/h3-6H,1-2H3,(H2,14,16,17);3H,2H2,1H3,(H,4,5). The number of anilines is 1. The number of aromatic amines is 1. The maximum atomic E-state index is 14.3. The summed E-state index contributed by atoms with van der Waals surface area (Å²) >= 11 is 0. The van der Waals surface area contributed by atoms with Gasteiger partial charge in [-0.2, -0.15) is 5.10 Å². The largest absolute Gasteiger partial charge is 0.359 e. The van der Waals surface area contributed by atoms with Crippen molar-refractivity contribution >= 4 is 23.4 Å². The van der Waals surface area contributed by atoms with E-state index >= 15 is 0 Å². The fourth-order valence-corrected chi connectivity index (χ4v) is 2.05. The Hall–Kier alpha value is -2.90. The summed E-state index contributed by atoms with van der Waals surface area (Å²) < 4.78 is 15.8. The third-order valence-electron chi connectivity index (χ3n) is 3.13. The zero-order valence-corrected chi connectivity index (χ0v) is 13.2. The molecule has 7 nitrogen and oxygen atoms in total. The fourth-order valence-electron chi connectivity index (χ4n) is 2.05. The predicted octanol–water partition coefficient (Wildman–Crippen LogP) is 1.99. The Morgan fingerprint density at radius 3 is 2.78 bits per heavy atom. The summed E-state index contributed by atoms with van der Waals surface area (Å²) in [5.41, 5.74) is 2.27. The molecule has 0 saturated heterocycles. The number of fused-ring (bicyclic) bond motifs is 1. The van der Waals surface area contributed by atoms with Crippen LogP contribution in [-0.4, -0.2) is 39.8 Å². The average molecular weight is 318 g/mol. The molecule has 0 bridgehead atoms. The molecule has 3 aromatic rings. The maximum absolute atomic E-state index is 14.3. The van der Waals surface area contributed by atoms with Gasteiger partial charge < -0.3 is 15.6 Å². The van der Waals surface area contributed by atoms with E-state index < -0.39 is 0 Å². The Balaban J connectivity index is 0.000000338. The van der Waals surface area contributed by atoms with E-state index in [0.29, 0.717) is 29.1 Å². The van der Waals surface area contributed by atoms with Crippen LogP contribution in [0.1, 0.15) is 12.5 Å². The third-order valence-corrected chi connectivity index (χ3v) is 3.13. The van der Waals surface area contributed by atoms with Crippen LogP contribution in [0.25, 0.3) is 16.7 Å². The molecule has 0 atom stereocenters. The predicted molar refractivity (Wildman–Crippen MR) is 87.2 cm³/mol. The van der Waals surface area contributed by atoms with E-state index in [-0.39, 0.29) is 5.82 Å². The summed E-state index contributed by atoms with van der Waals surface area (Å²) in [5.74, 6) is 0.295. The number of carbonyl (C=O) groups excluding carboxylic acids is 1. The molecular formula is C15H19FN6O. The van der Waals surface area contributed by atoms with Crippen LogP contribution >= 0.6 is 0 Å². The minimum atomic E-state index is -0.305. The third kappa shape index (κ3) is 3.47. The van der Waals surface area contributed by atoms with Gasteiger partial charge in [-0.3, -0.25) is 4.79 Å². The number of halogens is 1. The molecular weight excluding hydrogens is 299 g/mol. The van der Waals surface area contributed by atoms with E-state index in [1.54, 1.807) is 38.5 Å². The summed E-state index contributed by atoms with van der Waals surface area (Å²) in [7, 11) is 1.76. The lowest BCUT2D eigenvalue weighted by molar-refractivity contribution is -0.109. The Bertz CT molecular complexity index is 781. The number of nitrogens with one attached hydrogen (secondary N) is 3. The van der Waals surface area contributed by atoms with Gasteiger partial charge in [-0.25, -0.2) is 14.1 Å². The number of nitrogens with zero attached hydrogens (tertiary/aromatic N) is 3. The lowest BCUT2D eigenvalue weighted by Crippen LogP contribution is -2.07. The molecule has 0 aliphatic heterocycles. The lowest BCUT2D eigenvalue weighted by Gasteiger charge is -2.06. The second-order valence-electron chi connectivity index (χ2n) is 4.71. The quantitative estimate of drug-likeness (QED) is 0.642. The molecule has 23 heavy (non-hydrogen) atoms. The van der Waals surface area contributed by atoms with Crippen LogP contribution in [0.3, 0.4) is 0 Å². The van der Waals surface area contributed by atoms with Crippen LogP contribution in [0.5, 0.6) is 0 Å². The van der Waals surface area contributed by atoms with Gasteiger partial charge >= 0.3 is 0 Å². The number of imidazole rings is 1. The Morgan fingerprint density at radius 1 is 1.48 bits per heavy atom. The number of hydrogen-bond acceptors (Lipinski definition) is 4. The van der Waals surface area contributed by atoms with Crippen LogP contribution in [0.4, 0.5) is 10.3 Å². The number of H-pyrrole nitrogens is 1. The van der Waals surface area contributed by atoms with Gasteiger partial charge in [0.05, 0.1) is 5.52 Å². The van der Waals surface area contributed by atoms with Gasteiger partial charge in [0.1, 0.15) is 11.2 Å². The van der Waals surface area contributed by atoms with E-state index in [9.17, 15) is 9.18 Å². The number of rotatable bonds is 4. The summed E-state index contributed by atoms with van der Waals surface area (Å²) in [6, 6.07) is 3.49. The van der Waals surface area contributed by atoms with Crippen molar-refractivity contribution in [3.8, 4) is 5.69 Å². The molecule has 1 aromatic carbocycles. The number of amides is 1. The van der Waals surface area contributed by atoms with Crippen LogP contribution < -0.4 is 10.6 Å². The molecule has 0 aliphatic rings. The summed E-state index contributed by atoms with van der Waals surface area (Å²) in [6.45, 7) is 4.32. The number of carbonyl (C=O) groups is 1. The van der Waals surface area contributed by atoms with Gasteiger partial charge in [0.25, 0.3) is 0 Å². The molecule has 0 spiro atoms. The van der Waals surface area contributed by atoms with E-state index in [2.05, 4.69) is 25.7 Å². The molecule has 0 unspecified atom stereocenters. The van der Waals surface area contributed by atoms with Crippen molar-refractivity contribution < 1.29 is 9.18 Å².